The van der Waals surface area contributed by atoms with Gasteiger partial charge in [0.2, 0.25) is 0 Å². The first-order chi connectivity index (χ1) is 12.2. The van der Waals surface area contributed by atoms with Gasteiger partial charge in [-0.25, -0.2) is 9.48 Å². The third-order valence-electron chi connectivity index (χ3n) is 3.97. The number of carbonyl (C=O) groups is 1. The summed E-state index contributed by atoms with van der Waals surface area (Å²) in [5, 5.41) is 19.6. The Labute approximate surface area is 148 Å². The van der Waals surface area contributed by atoms with E-state index in [-0.39, 0.29) is 12.1 Å². The molecular weight excluding hydrogens is 344 g/mol. The number of para-hydroxylation sites is 1. The monoisotopic (exact) mass is 358 g/mol. The third kappa shape index (κ3) is 3.31. The number of halogens is 1. The molecule has 2 amide bonds. The lowest BCUT2D eigenvalue weighted by molar-refractivity contribution is 0.127. The van der Waals surface area contributed by atoms with E-state index in [9.17, 15) is 4.79 Å². The minimum Gasteiger partial charge on any atom is -0.320 e. The number of hydrogen-bond acceptors (Lipinski definition) is 5. The molecule has 0 radical (unpaired) electrons. The number of amides is 2. The largest absolute Gasteiger partial charge is 0.322 e. The molecule has 10 heteroatoms. The van der Waals surface area contributed by atoms with Crippen molar-refractivity contribution in [3.63, 3.8) is 0 Å². The Balaban J connectivity index is 1.32. The number of anilines is 1. The average Bonchev–Trinajstić information content (AvgIpc) is 3.21. The third-order valence-corrected chi connectivity index (χ3v) is 4.30. The lowest BCUT2D eigenvalue weighted by Crippen LogP contribution is -2.52. The smallest absolute Gasteiger partial charge is 0.320 e. The van der Waals surface area contributed by atoms with E-state index < -0.39 is 0 Å². The van der Waals surface area contributed by atoms with Gasteiger partial charge in [-0.05, 0) is 12.1 Å². The van der Waals surface area contributed by atoms with Gasteiger partial charge in [-0.1, -0.05) is 28.9 Å². The van der Waals surface area contributed by atoms with Gasteiger partial charge in [0.05, 0.1) is 35.3 Å². The Morgan fingerprint density at radius 1 is 1.24 bits per heavy atom. The fourth-order valence-electron chi connectivity index (χ4n) is 2.58. The Hall–Kier alpha value is -2.94. The number of rotatable bonds is 4. The quantitative estimate of drug-likeness (QED) is 0.765. The van der Waals surface area contributed by atoms with Crippen molar-refractivity contribution in [2.24, 2.45) is 0 Å². The van der Waals surface area contributed by atoms with E-state index in [4.69, 9.17) is 11.6 Å². The van der Waals surface area contributed by atoms with Crippen LogP contribution in [0.2, 0.25) is 5.02 Å². The van der Waals surface area contributed by atoms with Crippen molar-refractivity contribution in [1.82, 2.24) is 34.9 Å². The summed E-state index contributed by atoms with van der Waals surface area (Å²) in [4.78, 5) is 15.5. The standard InChI is InChI=1S/C15H15ClN8O/c16-13-3-1-2-4-14(13)19-15(25)22-9-12(10-22)23-7-11(20-21-23)8-24-17-5-6-18-24/h1-7,12H,8-10H2,(H,19,25). The highest BCUT2D eigenvalue weighted by Gasteiger charge is 2.33. The Morgan fingerprint density at radius 2 is 2.00 bits per heavy atom. The summed E-state index contributed by atoms with van der Waals surface area (Å²) in [5.41, 5.74) is 1.38. The molecular formula is C15H15ClN8O. The van der Waals surface area contributed by atoms with Crippen LogP contribution in [0.3, 0.4) is 0 Å². The molecule has 0 atom stereocenters. The Kier molecular flexibility index (Phi) is 4.06. The first kappa shape index (κ1) is 15.6. The summed E-state index contributed by atoms with van der Waals surface area (Å²) < 4.78 is 1.78. The summed E-state index contributed by atoms with van der Waals surface area (Å²) in [6.07, 6.45) is 5.09. The minimum absolute atomic E-state index is 0.115. The Morgan fingerprint density at radius 3 is 2.76 bits per heavy atom. The topological polar surface area (TPSA) is 93.8 Å². The van der Waals surface area contributed by atoms with Gasteiger partial charge in [-0.15, -0.1) is 5.10 Å². The highest BCUT2D eigenvalue weighted by Crippen LogP contribution is 2.24. The van der Waals surface area contributed by atoms with Gasteiger partial charge in [0.1, 0.15) is 12.2 Å². The number of nitrogens with zero attached hydrogens (tertiary/aromatic N) is 7. The lowest BCUT2D eigenvalue weighted by Gasteiger charge is -2.38. The van der Waals surface area contributed by atoms with E-state index in [2.05, 4.69) is 25.8 Å². The molecule has 1 aliphatic rings. The van der Waals surface area contributed by atoms with Crippen LogP contribution in [0, 0.1) is 0 Å². The van der Waals surface area contributed by atoms with Crippen LogP contribution >= 0.6 is 11.6 Å². The summed E-state index contributed by atoms with van der Waals surface area (Å²) in [5.74, 6) is 0. The van der Waals surface area contributed by atoms with Crippen molar-refractivity contribution in [3.05, 3.63) is 53.6 Å². The fraction of sp³-hybridized carbons (Fsp3) is 0.267. The van der Waals surface area contributed by atoms with Crippen molar-refractivity contribution in [2.75, 3.05) is 18.4 Å². The molecule has 0 saturated carbocycles. The molecule has 9 nitrogen and oxygen atoms in total. The molecule has 3 heterocycles. The molecule has 4 rings (SSSR count). The van der Waals surface area contributed by atoms with Crippen LogP contribution in [0.4, 0.5) is 10.5 Å². The molecule has 1 saturated heterocycles. The van der Waals surface area contributed by atoms with Crippen molar-refractivity contribution in [3.8, 4) is 0 Å². The van der Waals surface area contributed by atoms with E-state index in [0.29, 0.717) is 30.3 Å². The first-order valence-corrected chi connectivity index (χ1v) is 8.12. The normalized spacial score (nSPS) is 14.4. The SMILES string of the molecule is O=C(Nc1ccccc1Cl)N1CC(n2cc(Cn3nccn3)nn2)C1. The van der Waals surface area contributed by atoms with Crippen LogP contribution in [0.15, 0.2) is 42.9 Å². The maximum atomic E-state index is 12.2. The number of aromatic nitrogens is 6. The summed E-state index contributed by atoms with van der Waals surface area (Å²) in [6, 6.07) is 7.09. The molecule has 1 aromatic carbocycles. The van der Waals surface area contributed by atoms with Gasteiger partial charge in [-0.2, -0.15) is 15.0 Å². The molecule has 1 aliphatic heterocycles. The predicted molar refractivity (Wildman–Crippen MR) is 90.2 cm³/mol. The second-order valence-corrected chi connectivity index (χ2v) is 6.13. The van der Waals surface area contributed by atoms with Gasteiger partial charge >= 0.3 is 6.03 Å². The minimum atomic E-state index is -0.176. The van der Waals surface area contributed by atoms with Gasteiger partial charge in [0, 0.05) is 13.1 Å². The lowest BCUT2D eigenvalue weighted by atomic mass is 10.1. The van der Waals surface area contributed by atoms with Crippen LogP contribution in [-0.2, 0) is 6.54 Å². The van der Waals surface area contributed by atoms with E-state index in [1.54, 1.807) is 38.9 Å². The molecule has 128 valence electrons. The molecule has 25 heavy (non-hydrogen) atoms. The van der Waals surface area contributed by atoms with Crippen LogP contribution in [0.25, 0.3) is 0 Å². The van der Waals surface area contributed by atoms with Crippen LogP contribution < -0.4 is 5.32 Å². The second-order valence-electron chi connectivity index (χ2n) is 5.72. The van der Waals surface area contributed by atoms with Gasteiger partial charge in [0.25, 0.3) is 0 Å². The number of urea groups is 1. The zero-order valence-corrected chi connectivity index (χ0v) is 13.9. The van der Waals surface area contributed by atoms with Crippen molar-refractivity contribution < 1.29 is 4.79 Å². The summed E-state index contributed by atoms with van der Waals surface area (Å²) in [7, 11) is 0. The number of likely N-dealkylation sites (tertiary alicyclic amines) is 1. The summed E-state index contributed by atoms with van der Waals surface area (Å²) >= 11 is 6.05. The van der Waals surface area contributed by atoms with E-state index in [1.807, 2.05) is 18.3 Å². The zero-order valence-electron chi connectivity index (χ0n) is 13.2. The Bertz CT molecular complexity index is 871. The van der Waals surface area contributed by atoms with E-state index >= 15 is 0 Å². The number of nitrogens with one attached hydrogen (secondary N) is 1. The highest BCUT2D eigenvalue weighted by atomic mass is 35.5. The molecule has 2 aromatic heterocycles. The van der Waals surface area contributed by atoms with Crippen molar-refractivity contribution in [2.45, 2.75) is 12.6 Å². The first-order valence-electron chi connectivity index (χ1n) is 7.74. The van der Waals surface area contributed by atoms with Crippen molar-refractivity contribution >= 4 is 23.3 Å². The molecule has 1 N–H and O–H groups in total. The number of hydrogen-bond donors (Lipinski definition) is 1. The van der Waals surface area contributed by atoms with Gasteiger partial charge in [0.15, 0.2) is 0 Å². The molecule has 0 spiro atoms. The number of benzene rings is 1. The van der Waals surface area contributed by atoms with E-state index in [0.717, 1.165) is 5.69 Å². The van der Waals surface area contributed by atoms with Crippen LogP contribution in [-0.4, -0.2) is 54.0 Å². The maximum Gasteiger partial charge on any atom is 0.322 e. The van der Waals surface area contributed by atoms with Gasteiger partial charge < -0.3 is 10.2 Å². The number of carbonyl (C=O) groups excluding carboxylic acids is 1. The predicted octanol–water partition coefficient (Wildman–Crippen LogP) is 1.66. The second kappa shape index (κ2) is 6.52. The fourth-order valence-corrected chi connectivity index (χ4v) is 2.76. The molecule has 0 unspecified atom stereocenters. The zero-order chi connectivity index (χ0) is 17.2. The summed E-state index contributed by atoms with van der Waals surface area (Å²) in [6.45, 7) is 1.61. The highest BCUT2D eigenvalue weighted by molar-refractivity contribution is 6.33. The van der Waals surface area contributed by atoms with Crippen molar-refractivity contribution in [1.29, 1.82) is 0 Å². The maximum absolute atomic E-state index is 12.2. The molecule has 0 aliphatic carbocycles. The molecule has 0 bridgehead atoms. The van der Waals surface area contributed by atoms with Crippen LogP contribution in [0.1, 0.15) is 11.7 Å². The van der Waals surface area contributed by atoms with Crippen LogP contribution in [0.5, 0.6) is 0 Å². The molecule has 1 fully saturated rings. The average molecular weight is 359 g/mol. The van der Waals surface area contributed by atoms with E-state index in [1.165, 1.54) is 0 Å². The molecule has 3 aromatic rings. The van der Waals surface area contributed by atoms with Gasteiger partial charge in [-0.3, -0.25) is 0 Å².